The molecule has 0 aliphatic carbocycles. The predicted octanol–water partition coefficient (Wildman–Crippen LogP) is 3.94. The fraction of sp³-hybridized carbons (Fsp3) is 0.650. The maximum atomic E-state index is 12.0. The summed E-state index contributed by atoms with van der Waals surface area (Å²) in [4.78, 5) is 22.3. The van der Waals surface area contributed by atoms with Crippen molar-refractivity contribution in [1.82, 2.24) is 4.57 Å². The number of aromatic nitrogens is 1. The largest absolute Gasteiger partial charge is 0.424 e. The fourth-order valence-electron chi connectivity index (χ4n) is 3.34. The molecule has 1 heterocycles. The first-order valence-corrected chi connectivity index (χ1v) is 10.2. The van der Waals surface area contributed by atoms with Gasteiger partial charge in [0.05, 0.1) is 23.1 Å². The summed E-state index contributed by atoms with van der Waals surface area (Å²) in [7, 11) is 0. The lowest BCUT2D eigenvalue weighted by Crippen LogP contribution is -2.84. The molecule has 0 atom stereocenters. The average molecular weight is 378 g/mol. The Morgan fingerprint density at radius 3 is 2.30 bits per heavy atom. The average Bonchev–Trinajstić information content (AvgIpc) is 2.97. The van der Waals surface area contributed by atoms with Crippen molar-refractivity contribution in [3.8, 4) is 0 Å². The smallest absolute Gasteiger partial charge is 0.407 e. The van der Waals surface area contributed by atoms with Crippen molar-refractivity contribution in [1.29, 1.82) is 0 Å². The van der Waals surface area contributed by atoms with E-state index in [1.54, 1.807) is 6.07 Å². The van der Waals surface area contributed by atoms with E-state index in [4.69, 9.17) is 4.42 Å². The van der Waals surface area contributed by atoms with Crippen LogP contribution in [0.1, 0.15) is 71.1 Å². The van der Waals surface area contributed by atoms with E-state index in [0.717, 1.165) is 13.0 Å². The van der Waals surface area contributed by atoms with Crippen LogP contribution in [0.4, 0.5) is 5.69 Å². The number of nitrogens with zero attached hydrogens (tertiary/aromatic N) is 2. The van der Waals surface area contributed by atoms with Gasteiger partial charge in [-0.1, -0.05) is 58.3 Å². The second kappa shape index (κ2) is 11.5. The molecule has 7 heteroatoms. The SMILES string of the molecule is CCCCCCCCCCCC[NH2+]Cn1c(=O)oc2cc([N+](=O)[O-])ccc21. The van der Waals surface area contributed by atoms with E-state index in [0.29, 0.717) is 12.2 Å². The molecule has 27 heavy (non-hydrogen) atoms. The van der Waals surface area contributed by atoms with Crippen molar-refractivity contribution in [2.75, 3.05) is 6.54 Å². The maximum Gasteiger partial charge on any atom is 0.424 e. The number of oxazole rings is 1. The van der Waals surface area contributed by atoms with Gasteiger partial charge in [-0.3, -0.25) is 10.1 Å². The number of quaternary nitrogens is 1. The molecule has 0 bridgehead atoms. The Bertz CT molecular complexity index is 766. The first kappa shape index (κ1) is 21.2. The summed E-state index contributed by atoms with van der Waals surface area (Å²) in [5.41, 5.74) is 0.796. The molecule has 0 aliphatic rings. The molecule has 0 saturated heterocycles. The zero-order chi connectivity index (χ0) is 19.5. The zero-order valence-corrected chi connectivity index (χ0v) is 16.3. The summed E-state index contributed by atoms with van der Waals surface area (Å²) >= 11 is 0. The van der Waals surface area contributed by atoms with Gasteiger partial charge in [-0.2, -0.15) is 0 Å². The van der Waals surface area contributed by atoms with Gasteiger partial charge in [0.25, 0.3) is 5.69 Å². The second-order valence-corrected chi connectivity index (χ2v) is 7.15. The molecular weight excluding hydrogens is 346 g/mol. The summed E-state index contributed by atoms with van der Waals surface area (Å²) in [6, 6.07) is 4.28. The van der Waals surface area contributed by atoms with Crippen molar-refractivity contribution >= 4 is 16.8 Å². The van der Waals surface area contributed by atoms with Crippen molar-refractivity contribution in [2.24, 2.45) is 0 Å². The van der Waals surface area contributed by atoms with Crippen molar-refractivity contribution in [2.45, 2.75) is 77.8 Å². The van der Waals surface area contributed by atoms with Crippen LogP contribution >= 0.6 is 0 Å². The van der Waals surface area contributed by atoms with Gasteiger partial charge in [0.15, 0.2) is 12.3 Å². The third kappa shape index (κ3) is 6.82. The van der Waals surface area contributed by atoms with Gasteiger partial charge in [-0.05, 0) is 18.9 Å². The zero-order valence-electron chi connectivity index (χ0n) is 16.3. The quantitative estimate of drug-likeness (QED) is 0.306. The van der Waals surface area contributed by atoms with E-state index in [-0.39, 0.29) is 11.3 Å². The Morgan fingerprint density at radius 1 is 1.04 bits per heavy atom. The van der Waals surface area contributed by atoms with E-state index in [9.17, 15) is 14.9 Å². The number of non-ortho nitro benzene ring substituents is 1. The molecule has 0 unspecified atom stereocenters. The minimum Gasteiger partial charge on any atom is -0.407 e. The molecule has 2 aromatic rings. The van der Waals surface area contributed by atoms with Crippen molar-refractivity contribution < 1.29 is 14.7 Å². The third-order valence-corrected chi connectivity index (χ3v) is 4.94. The summed E-state index contributed by atoms with van der Waals surface area (Å²) in [6.07, 6.45) is 13.1. The van der Waals surface area contributed by atoms with Crippen LogP contribution in [0, 0.1) is 10.1 Å². The number of nitro benzene ring substituents is 1. The van der Waals surface area contributed by atoms with E-state index in [2.05, 4.69) is 12.2 Å². The molecule has 150 valence electrons. The van der Waals surface area contributed by atoms with Gasteiger partial charge in [-0.25, -0.2) is 9.36 Å². The second-order valence-electron chi connectivity index (χ2n) is 7.15. The number of benzene rings is 1. The predicted molar refractivity (Wildman–Crippen MR) is 106 cm³/mol. The lowest BCUT2D eigenvalue weighted by atomic mass is 10.1. The fourth-order valence-corrected chi connectivity index (χ4v) is 3.34. The van der Waals surface area contributed by atoms with Crippen LogP contribution in [0.3, 0.4) is 0 Å². The molecule has 7 nitrogen and oxygen atoms in total. The minimum atomic E-state index is -0.492. The Balaban J connectivity index is 1.63. The van der Waals surface area contributed by atoms with Crippen LogP contribution in [0.5, 0.6) is 0 Å². The molecule has 2 N–H and O–H groups in total. The molecular formula is C20H32N3O4+. The number of nitrogens with two attached hydrogens (primary N) is 1. The molecule has 0 amide bonds. The summed E-state index contributed by atoms with van der Waals surface area (Å²) < 4.78 is 6.65. The van der Waals surface area contributed by atoms with E-state index in [1.807, 2.05) is 0 Å². The number of fused-ring (bicyclic) bond motifs is 1. The van der Waals surface area contributed by atoms with Crippen molar-refractivity contribution in [3.63, 3.8) is 0 Å². The van der Waals surface area contributed by atoms with Gasteiger partial charge >= 0.3 is 5.76 Å². The Hall–Kier alpha value is -2.15. The van der Waals surface area contributed by atoms with Crippen LogP contribution in [0.2, 0.25) is 0 Å². The molecule has 2 rings (SSSR count). The van der Waals surface area contributed by atoms with Crippen LogP contribution < -0.4 is 11.1 Å². The highest BCUT2D eigenvalue weighted by Gasteiger charge is 2.14. The number of nitro groups is 1. The Labute approximate surface area is 159 Å². The first-order valence-electron chi connectivity index (χ1n) is 10.2. The number of hydrogen-bond donors (Lipinski definition) is 1. The van der Waals surface area contributed by atoms with E-state index in [1.165, 1.54) is 74.5 Å². The van der Waals surface area contributed by atoms with Crippen LogP contribution in [-0.4, -0.2) is 16.0 Å². The normalized spacial score (nSPS) is 11.3. The van der Waals surface area contributed by atoms with Crippen LogP contribution in [0.25, 0.3) is 11.1 Å². The number of rotatable bonds is 14. The minimum absolute atomic E-state index is 0.0715. The number of hydrogen-bond acceptors (Lipinski definition) is 4. The molecule has 0 spiro atoms. The molecule has 0 radical (unpaired) electrons. The molecule has 0 aliphatic heterocycles. The summed E-state index contributed by atoms with van der Waals surface area (Å²) in [6.45, 7) is 3.68. The van der Waals surface area contributed by atoms with Crippen molar-refractivity contribution in [3.05, 3.63) is 38.9 Å². The summed E-state index contributed by atoms with van der Waals surface area (Å²) in [5.74, 6) is -0.468. The Kier molecular flexibility index (Phi) is 9.04. The highest BCUT2D eigenvalue weighted by Crippen LogP contribution is 2.19. The van der Waals surface area contributed by atoms with Crippen LogP contribution in [0.15, 0.2) is 27.4 Å². The topological polar surface area (TPSA) is 94.9 Å². The van der Waals surface area contributed by atoms with E-state index < -0.39 is 10.7 Å². The van der Waals surface area contributed by atoms with Gasteiger partial charge in [0, 0.05) is 6.07 Å². The van der Waals surface area contributed by atoms with Gasteiger partial charge < -0.3 is 9.73 Å². The molecule has 1 aromatic heterocycles. The molecule has 0 saturated carbocycles. The molecule has 1 aromatic carbocycles. The van der Waals surface area contributed by atoms with Gasteiger partial charge in [-0.15, -0.1) is 0 Å². The van der Waals surface area contributed by atoms with E-state index >= 15 is 0 Å². The molecule has 0 fully saturated rings. The van der Waals surface area contributed by atoms with Crippen LogP contribution in [-0.2, 0) is 6.67 Å². The Morgan fingerprint density at radius 2 is 1.67 bits per heavy atom. The third-order valence-electron chi connectivity index (χ3n) is 4.94. The monoisotopic (exact) mass is 378 g/mol. The first-order chi connectivity index (χ1) is 13.1. The maximum absolute atomic E-state index is 12.0. The highest BCUT2D eigenvalue weighted by atomic mass is 16.6. The number of unbranched alkanes of at least 4 members (excludes halogenated alkanes) is 9. The van der Waals surface area contributed by atoms with Gasteiger partial charge in [0.2, 0.25) is 0 Å². The lowest BCUT2D eigenvalue weighted by Gasteiger charge is -2.03. The lowest BCUT2D eigenvalue weighted by molar-refractivity contribution is -0.684. The standard InChI is InChI=1S/C20H31N3O4/c1-2-3-4-5-6-7-8-9-10-11-14-21-16-22-18-13-12-17(23(25)26)15-19(18)27-20(22)24/h12-13,15,21H,2-11,14,16H2,1H3/p+1. The van der Waals surface area contributed by atoms with Gasteiger partial charge in [0.1, 0.15) is 0 Å². The summed E-state index contributed by atoms with van der Waals surface area (Å²) in [5, 5.41) is 12.9. The highest BCUT2D eigenvalue weighted by molar-refractivity contribution is 5.75.